The Morgan fingerprint density at radius 2 is 1.08 bits per heavy atom. The van der Waals surface area contributed by atoms with E-state index in [1.807, 2.05) is 24.4 Å². The van der Waals surface area contributed by atoms with Crippen LogP contribution in [0.5, 0.6) is 0 Å². The van der Waals surface area contributed by atoms with Crippen molar-refractivity contribution in [1.82, 2.24) is 15.0 Å². The van der Waals surface area contributed by atoms with Gasteiger partial charge in [0.05, 0.1) is 5.41 Å². The zero-order chi connectivity index (χ0) is 35.2. The van der Waals surface area contributed by atoms with E-state index in [2.05, 4.69) is 146 Å². The lowest BCUT2D eigenvalue weighted by Gasteiger charge is -2.35. The van der Waals surface area contributed by atoms with Crippen LogP contribution in [0.1, 0.15) is 52.9 Å². The molecular formula is C49H36N4. The van der Waals surface area contributed by atoms with Gasteiger partial charge >= 0.3 is 0 Å². The monoisotopic (exact) mass is 680 g/mol. The SMILES string of the molecule is C1=CN=C(C2(c3ccccc3)c3ccccc3-c3cc(-c4ccc(-c5nc(C6=CCCc7ccccc76)nc(-c6ccccc6)n5)cc4)ccc32)CC1. The summed E-state index contributed by atoms with van der Waals surface area (Å²) < 4.78 is 0. The lowest BCUT2D eigenvalue weighted by atomic mass is 9.67. The number of rotatable bonds is 6. The average molecular weight is 681 g/mol. The third-order valence-corrected chi connectivity index (χ3v) is 11.0. The van der Waals surface area contributed by atoms with E-state index in [9.17, 15) is 0 Å². The molecule has 0 amide bonds. The van der Waals surface area contributed by atoms with Crippen LogP contribution in [0, 0.1) is 0 Å². The van der Waals surface area contributed by atoms with Gasteiger partial charge in [-0.3, -0.25) is 4.99 Å². The van der Waals surface area contributed by atoms with Crippen LogP contribution in [0.15, 0.2) is 175 Å². The molecular weight excluding hydrogens is 645 g/mol. The number of aromatic nitrogens is 3. The van der Waals surface area contributed by atoms with Gasteiger partial charge in [-0.25, -0.2) is 15.0 Å². The van der Waals surface area contributed by atoms with E-state index in [-0.39, 0.29) is 0 Å². The molecule has 53 heavy (non-hydrogen) atoms. The van der Waals surface area contributed by atoms with Crippen LogP contribution >= 0.6 is 0 Å². The third-order valence-electron chi connectivity index (χ3n) is 11.0. The molecule has 4 heteroatoms. The predicted octanol–water partition coefficient (Wildman–Crippen LogP) is 11.3. The Morgan fingerprint density at radius 3 is 1.85 bits per heavy atom. The first-order chi connectivity index (χ1) is 26.3. The standard InChI is InChI=1S/C49H36N4/c1-3-15-35(16-4-1)46-51-47(53-48(52-46)41-22-13-17-34-14-7-8-20-39(34)41)36-27-25-33(26-28-36)37-29-30-44-42(32-37)40-21-9-10-23-43(40)49(44,38-18-5-2-6-19-38)45-24-11-12-31-50-45/h1-10,12,14-16,18-23,25-32H,11,13,17,24H2. The Kier molecular flexibility index (Phi) is 7.61. The number of allylic oxidation sites excluding steroid dienone is 2. The minimum Gasteiger partial charge on any atom is -0.264 e. The van der Waals surface area contributed by atoms with Crippen molar-refractivity contribution >= 4 is 11.3 Å². The molecule has 3 aliphatic rings. The number of hydrogen-bond acceptors (Lipinski definition) is 4. The van der Waals surface area contributed by atoms with Crippen LogP contribution in [0.3, 0.4) is 0 Å². The molecule has 0 N–H and O–H groups in total. The van der Waals surface area contributed by atoms with Gasteiger partial charge in [-0.2, -0.15) is 0 Å². The lowest BCUT2D eigenvalue weighted by molar-refractivity contribution is 0.812. The van der Waals surface area contributed by atoms with Gasteiger partial charge in [0, 0.05) is 28.6 Å². The first kappa shape index (κ1) is 31.2. The average Bonchev–Trinajstić information content (AvgIpc) is 3.55. The molecule has 2 aliphatic carbocycles. The van der Waals surface area contributed by atoms with Crippen molar-refractivity contribution in [3.05, 3.63) is 204 Å². The Morgan fingerprint density at radius 1 is 0.453 bits per heavy atom. The number of nitrogens with zero attached hydrogens (tertiary/aromatic N) is 4. The predicted molar refractivity (Wildman–Crippen MR) is 216 cm³/mol. The highest BCUT2D eigenvalue weighted by Crippen LogP contribution is 2.55. The highest BCUT2D eigenvalue weighted by Gasteiger charge is 2.48. The van der Waals surface area contributed by atoms with E-state index in [1.54, 1.807) is 0 Å². The minimum absolute atomic E-state index is 0.429. The van der Waals surface area contributed by atoms with E-state index in [0.717, 1.165) is 47.9 Å². The molecule has 0 saturated heterocycles. The number of hydrogen-bond donors (Lipinski definition) is 0. The summed E-state index contributed by atoms with van der Waals surface area (Å²) in [4.78, 5) is 20.2. The second-order valence-electron chi connectivity index (χ2n) is 14.0. The molecule has 10 rings (SSSR count). The van der Waals surface area contributed by atoms with Gasteiger partial charge in [0.2, 0.25) is 0 Å². The molecule has 0 bridgehead atoms. The van der Waals surface area contributed by atoms with Gasteiger partial charge in [0.25, 0.3) is 0 Å². The summed E-state index contributed by atoms with van der Waals surface area (Å²) in [7, 11) is 0. The van der Waals surface area contributed by atoms with Gasteiger partial charge in [-0.1, -0.05) is 158 Å². The van der Waals surface area contributed by atoms with E-state index < -0.39 is 5.41 Å². The van der Waals surface area contributed by atoms with Crippen molar-refractivity contribution in [2.24, 2.45) is 4.99 Å². The normalized spacial score (nSPS) is 17.0. The summed E-state index contributed by atoms with van der Waals surface area (Å²) in [5, 5.41) is 0. The zero-order valence-corrected chi connectivity index (χ0v) is 29.3. The van der Waals surface area contributed by atoms with E-state index >= 15 is 0 Å². The molecule has 1 atom stereocenters. The highest BCUT2D eigenvalue weighted by atomic mass is 15.0. The minimum atomic E-state index is -0.429. The van der Waals surface area contributed by atoms with E-state index in [0.29, 0.717) is 17.5 Å². The maximum atomic E-state index is 5.11. The van der Waals surface area contributed by atoms with E-state index in [4.69, 9.17) is 19.9 Å². The van der Waals surface area contributed by atoms with Gasteiger partial charge in [0.1, 0.15) is 0 Å². The second kappa shape index (κ2) is 12.9. The summed E-state index contributed by atoms with van der Waals surface area (Å²) in [5.74, 6) is 2.06. The topological polar surface area (TPSA) is 51.0 Å². The van der Waals surface area contributed by atoms with Crippen molar-refractivity contribution in [3.8, 4) is 45.0 Å². The van der Waals surface area contributed by atoms with Gasteiger partial charge in [-0.15, -0.1) is 0 Å². The molecule has 0 radical (unpaired) electrons. The fourth-order valence-corrected chi connectivity index (χ4v) is 8.57. The second-order valence-corrected chi connectivity index (χ2v) is 14.0. The van der Waals surface area contributed by atoms with Crippen molar-refractivity contribution in [3.63, 3.8) is 0 Å². The highest BCUT2D eigenvalue weighted by molar-refractivity contribution is 6.08. The maximum Gasteiger partial charge on any atom is 0.164 e. The van der Waals surface area contributed by atoms with E-state index in [1.165, 1.54) is 50.2 Å². The quantitative estimate of drug-likeness (QED) is 0.176. The van der Waals surface area contributed by atoms with Crippen molar-refractivity contribution in [1.29, 1.82) is 0 Å². The lowest BCUT2D eigenvalue weighted by Crippen LogP contribution is -2.37. The number of benzene rings is 6. The van der Waals surface area contributed by atoms with Crippen molar-refractivity contribution in [2.75, 3.05) is 0 Å². The molecule has 2 heterocycles. The Labute approximate surface area is 310 Å². The molecule has 1 aliphatic heterocycles. The first-order valence-electron chi connectivity index (χ1n) is 18.5. The number of aliphatic imine (C=N–C) groups is 1. The summed E-state index contributed by atoms with van der Waals surface area (Å²) in [6.45, 7) is 0. The van der Waals surface area contributed by atoms with Crippen LogP contribution in [0.2, 0.25) is 0 Å². The summed E-state index contributed by atoms with van der Waals surface area (Å²) >= 11 is 0. The molecule has 1 aromatic heterocycles. The molecule has 0 saturated carbocycles. The summed E-state index contributed by atoms with van der Waals surface area (Å²) in [6.07, 6.45) is 10.3. The molecule has 0 spiro atoms. The molecule has 252 valence electrons. The van der Waals surface area contributed by atoms with Gasteiger partial charge in [-0.05, 0) is 81.8 Å². The largest absolute Gasteiger partial charge is 0.264 e. The van der Waals surface area contributed by atoms with Gasteiger partial charge < -0.3 is 0 Å². The molecule has 6 aromatic carbocycles. The molecule has 0 fully saturated rings. The Hall–Kier alpha value is -6.52. The van der Waals surface area contributed by atoms with Crippen molar-refractivity contribution < 1.29 is 0 Å². The Bertz CT molecular complexity index is 2600. The summed E-state index contributed by atoms with van der Waals surface area (Å²) in [5.41, 5.74) is 15.0. The third kappa shape index (κ3) is 5.21. The smallest absolute Gasteiger partial charge is 0.164 e. The van der Waals surface area contributed by atoms with Crippen LogP contribution in [-0.2, 0) is 11.8 Å². The maximum absolute atomic E-state index is 5.11. The fourth-order valence-electron chi connectivity index (χ4n) is 8.57. The van der Waals surface area contributed by atoms with Crippen LogP contribution in [0.25, 0.3) is 50.6 Å². The first-order valence-corrected chi connectivity index (χ1v) is 18.5. The fraction of sp³-hybridized carbons (Fsp3) is 0.102. The zero-order valence-electron chi connectivity index (χ0n) is 29.3. The number of fused-ring (bicyclic) bond motifs is 4. The molecule has 7 aromatic rings. The van der Waals surface area contributed by atoms with Crippen LogP contribution in [-0.4, -0.2) is 20.7 Å². The Balaban J connectivity index is 1.07. The molecule has 4 nitrogen and oxygen atoms in total. The number of aryl methyl sites for hydroxylation is 1. The van der Waals surface area contributed by atoms with Crippen LogP contribution < -0.4 is 0 Å². The molecule has 1 unspecified atom stereocenters. The van der Waals surface area contributed by atoms with Gasteiger partial charge in [0.15, 0.2) is 17.5 Å². The summed E-state index contributed by atoms with van der Waals surface area (Å²) in [6, 6.07) is 54.3. The van der Waals surface area contributed by atoms with Crippen LogP contribution in [0.4, 0.5) is 0 Å². The van der Waals surface area contributed by atoms with Crippen molar-refractivity contribution in [2.45, 2.75) is 31.1 Å².